The number of fused-ring (bicyclic) bond motifs is 4. The number of benzene rings is 1. The van der Waals surface area contributed by atoms with Crippen molar-refractivity contribution in [3.05, 3.63) is 62.5 Å². The summed E-state index contributed by atoms with van der Waals surface area (Å²) >= 11 is 6.12. The van der Waals surface area contributed by atoms with Crippen LogP contribution in [0.3, 0.4) is 0 Å². The van der Waals surface area contributed by atoms with Crippen LogP contribution in [0.15, 0.2) is 35.3 Å². The molecule has 3 heterocycles. The summed E-state index contributed by atoms with van der Waals surface area (Å²) in [5.41, 5.74) is 2.64. The first-order valence-corrected chi connectivity index (χ1v) is 9.04. The fourth-order valence-corrected chi connectivity index (χ4v) is 4.28. The van der Waals surface area contributed by atoms with Crippen LogP contribution in [0.5, 0.6) is 0 Å². The minimum atomic E-state index is -0.530. The summed E-state index contributed by atoms with van der Waals surface area (Å²) in [5, 5.41) is 3.07. The highest BCUT2D eigenvalue weighted by molar-refractivity contribution is 6.34. The van der Waals surface area contributed by atoms with Crippen molar-refractivity contribution in [2.75, 3.05) is 12.4 Å². The number of ether oxygens (including phenoxy) is 1. The number of rotatable bonds is 2. The maximum Gasteiger partial charge on any atom is 0.339 e. The molecule has 0 saturated carbocycles. The highest BCUT2D eigenvalue weighted by Gasteiger charge is 2.42. The Balaban J connectivity index is 1.56. The van der Waals surface area contributed by atoms with E-state index in [1.165, 1.54) is 19.2 Å². The average Bonchev–Trinajstić information content (AvgIpc) is 2.96. The lowest BCUT2D eigenvalue weighted by Crippen LogP contribution is -2.44. The molecule has 2 aliphatic heterocycles. The molecular weight excluding hydrogens is 370 g/mol. The van der Waals surface area contributed by atoms with E-state index >= 15 is 0 Å². The van der Waals surface area contributed by atoms with Gasteiger partial charge in [0.15, 0.2) is 0 Å². The summed E-state index contributed by atoms with van der Waals surface area (Å²) in [5.74, 6) is -0.530. The molecule has 4 rings (SSSR count). The van der Waals surface area contributed by atoms with Crippen LogP contribution in [0.1, 0.15) is 40.4 Å². The van der Waals surface area contributed by atoms with E-state index in [1.54, 1.807) is 18.3 Å². The van der Waals surface area contributed by atoms with Gasteiger partial charge >= 0.3 is 12.0 Å². The normalized spacial score (nSPS) is 20.1. The van der Waals surface area contributed by atoms with Gasteiger partial charge in [-0.2, -0.15) is 0 Å². The number of hydrogen-bond donors (Lipinski definition) is 2. The molecule has 2 aromatic rings. The van der Waals surface area contributed by atoms with E-state index in [0.29, 0.717) is 12.1 Å². The molecule has 2 atom stereocenters. The van der Waals surface area contributed by atoms with Crippen molar-refractivity contribution in [2.24, 2.45) is 0 Å². The largest absolute Gasteiger partial charge is 0.465 e. The highest BCUT2D eigenvalue weighted by Crippen LogP contribution is 2.43. The molecule has 0 spiro atoms. The number of carbonyl (C=O) groups excluding carboxylic acids is 2. The first-order chi connectivity index (χ1) is 13.0. The SMILES string of the molecule is COC(=O)c1ccc(NC(=O)N2C3CCC2c2c[nH]c(=O)cc2C3)cc1Cl. The van der Waals surface area contributed by atoms with Gasteiger partial charge in [-0.05, 0) is 48.6 Å². The van der Waals surface area contributed by atoms with Crippen LogP contribution >= 0.6 is 11.6 Å². The summed E-state index contributed by atoms with van der Waals surface area (Å²) in [6.07, 6.45) is 4.14. The smallest absolute Gasteiger partial charge is 0.339 e. The lowest BCUT2D eigenvalue weighted by molar-refractivity contribution is 0.0601. The van der Waals surface area contributed by atoms with Crippen molar-refractivity contribution in [3.63, 3.8) is 0 Å². The molecule has 2 amide bonds. The second kappa shape index (κ2) is 6.74. The lowest BCUT2D eigenvalue weighted by atomic mass is 9.95. The number of aromatic amines is 1. The molecule has 0 aliphatic carbocycles. The van der Waals surface area contributed by atoms with Crippen LogP contribution < -0.4 is 10.9 Å². The fourth-order valence-electron chi connectivity index (χ4n) is 4.02. The van der Waals surface area contributed by atoms with Crippen LogP contribution in [-0.4, -0.2) is 35.0 Å². The van der Waals surface area contributed by atoms with Crippen LogP contribution in [0.4, 0.5) is 10.5 Å². The van der Waals surface area contributed by atoms with Crippen LogP contribution in [-0.2, 0) is 11.2 Å². The Morgan fingerprint density at radius 1 is 1.30 bits per heavy atom. The zero-order valence-corrected chi connectivity index (χ0v) is 15.4. The molecule has 2 bridgehead atoms. The summed E-state index contributed by atoms with van der Waals surface area (Å²) in [7, 11) is 1.28. The number of H-pyrrole nitrogens is 1. The number of methoxy groups -OCH3 is 1. The Morgan fingerprint density at radius 2 is 2.11 bits per heavy atom. The average molecular weight is 388 g/mol. The third-order valence-corrected chi connectivity index (χ3v) is 5.54. The quantitative estimate of drug-likeness (QED) is 0.774. The molecule has 0 radical (unpaired) electrons. The first-order valence-electron chi connectivity index (χ1n) is 8.66. The van der Waals surface area contributed by atoms with Gasteiger partial charge in [0.25, 0.3) is 0 Å². The van der Waals surface area contributed by atoms with Gasteiger partial charge in [0.1, 0.15) is 0 Å². The number of hydrogen-bond acceptors (Lipinski definition) is 4. The summed E-state index contributed by atoms with van der Waals surface area (Å²) in [6.45, 7) is 0. The van der Waals surface area contributed by atoms with Crippen LogP contribution in [0.25, 0.3) is 0 Å². The number of anilines is 1. The van der Waals surface area contributed by atoms with Crippen molar-refractivity contribution < 1.29 is 14.3 Å². The van der Waals surface area contributed by atoms with E-state index in [9.17, 15) is 14.4 Å². The molecule has 1 fully saturated rings. The lowest BCUT2D eigenvalue weighted by Gasteiger charge is -2.36. The van der Waals surface area contributed by atoms with Gasteiger partial charge in [-0.15, -0.1) is 0 Å². The van der Waals surface area contributed by atoms with Crippen molar-refractivity contribution in [1.29, 1.82) is 0 Å². The Kier molecular flexibility index (Phi) is 4.39. The second-order valence-corrected chi connectivity index (χ2v) is 7.16. The molecule has 2 N–H and O–H groups in total. The van der Waals surface area contributed by atoms with Gasteiger partial charge in [-0.3, -0.25) is 4.79 Å². The minimum Gasteiger partial charge on any atom is -0.465 e. The van der Waals surface area contributed by atoms with E-state index in [2.05, 4.69) is 15.0 Å². The Morgan fingerprint density at radius 3 is 2.85 bits per heavy atom. The monoisotopic (exact) mass is 387 g/mol. The van der Waals surface area contributed by atoms with Gasteiger partial charge in [-0.1, -0.05) is 11.6 Å². The molecule has 7 nitrogen and oxygen atoms in total. The van der Waals surface area contributed by atoms with Crippen LogP contribution in [0.2, 0.25) is 5.02 Å². The van der Waals surface area contributed by atoms with Gasteiger partial charge < -0.3 is 19.9 Å². The van der Waals surface area contributed by atoms with Gasteiger partial charge in [-0.25, -0.2) is 9.59 Å². The third-order valence-electron chi connectivity index (χ3n) is 5.22. The maximum atomic E-state index is 12.9. The molecule has 1 aromatic carbocycles. The number of halogens is 1. The van der Waals surface area contributed by atoms with E-state index in [-0.39, 0.29) is 34.3 Å². The van der Waals surface area contributed by atoms with E-state index in [4.69, 9.17) is 11.6 Å². The molecule has 2 unspecified atom stereocenters. The summed E-state index contributed by atoms with van der Waals surface area (Å²) in [6, 6.07) is 6.09. The first kappa shape index (κ1) is 17.6. The molecule has 140 valence electrons. The van der Waals surface area contributed by atoms with Gasteiger partial charge in [0.2, 0.25) is 5.56 Å². The standard InChI is InChI=1S/C19H18ClN3O4/c1-27-18(25)13-4-2-11(8-15(13)20)22-19(26)23-12-3-5-16(23)14-9-21-17(24)7-10(14)6-12/h2,4,7-9,12,16H,3,5-6H2,1H3,(H,21,24)(H,22,26). The molecule has 8 heteroatoms. The molecular formula is C19H18ClN3O4. The summed E-state index contributed by atoms with van der Waals surface area (Å²) < 4.78 is 4.67. The number of pyridine rings is 1. The van der Waals surface area contributed by atoms with Gasteiger partial charge in [0, 0.05) is 24.0 Å². The van der Waals surface area contributed by atoms with E-state index in [1.807, 2.05) is 4.90 Å². The van der Waals surface area contributed by atoms with Gasteiger partial charge in [0.05, 0.1) is 23.7 Å². The number of amides is 2. The number of carbonyl (C=O) groups is 2. The molecule has 1 saturated heterocycles. The fraction of sp³-hybridized carbons (Fsp3) is 0.316. The Hall–Kier alpha value is -2.80. The molecule has 27 heavy (non-hydrogen) atoms. The Bertz CT molecular complexity index is 987. The zero-order valence-electron chi connectivity index (χ0n) is 14.6. The topological polar surface area (TPSA) is 91.5 Å². The number of esters is 1. The number of aromatic nitrogens is 1. The third kappa shape index (κ3) is 3.08. The predicted molar refractivity (Wildman–Crippen MR) is 100 cm³/mol. The highest BCUT2D eigenvalue weighted by atomic mass is 35.5. The van der Waals surface area contributed by atoms with Crippen molar-refractivity contribution in [1.82, 2.24) is 9.88 Å². The number of urea groups is 1. The number of nitrogens with zero attached hydrogens (tertiary/aromatic N) is 1. The van der Waals surface area contributed by atoms with Crippen molar-refractivity contribution in [3.8, 4) is 0 Å². The van der Waals surface area contributed by atoms with E-state index < -0.39 is 5.97 Å². The maximum absolute atomic E-state index is 12.9. The van der Waals surface area contributed by atoms with Crippen molar-refractivity contribution >= 4 is 29.3 Å². The predicted octanol–water partition coefficient (Wildman–Crippen LogP) is 3.11. The molecule has 2 aliphatic rings. The molecule has 1 aromatic heterocycles. The van der Waals surface area contributed by atoms with Crippen LogP contribution in [0, 0.1) is 0 Å². The summed E-state index contributed by atoms with van der Waals surface area (Å²) in [4.78, 5) is 40.6. The zero-order chi connectivity index (χ0) is 19.1. The number of nitrogens with one attached hydrogen (secondary N) is 2. The van der Waals surface area contributed by atoms with E-state index in [0.717, 1.165) is 24.0 Å². The minimum absolute atomic E-state index is 0.0552. The second-order valence-electron chi connectivity index (χ2n) is 6.75. The Labute approximate surface area is 160 Å². The van der Waals surface area contributed by atoms with Crippen molar-refractivity contribution in [2.45, 2.75) is 31.3 Å².